The molecule has 1 aliphatic heterocycles. The van der Waals surface area contributed by atoms with E-state index in [2.05, 4.69) is 28.5 Å². The maximum atomic E-state index is 14.8. The predicted octanol–water partition coefficient (Wildman–Crippen LogP) is 4.77. The number of likely N-dealkylation sites (tertiary alicyclic amines) is 1. The topological polar surface area (TPSA) is 102 Å². The number of carbonyl (C=O) groups is 2. The van der Waals surface area contributed by atoms with Gasteiger partial charge < -0.3 is 10.6 Å². The summed E-state index contributed by atoms with van der Waals surface area (Å²) in [6.07, 6.45) is 4.99. The number of carbonyl (C=O) groups excluding carboxylic acids is 2. The van der Waals surface area contributed by atoms with Gasteiger partial charge in [0.05, 0.1) is 17.0 Å². The van der Waals surface area contributed by atoms with Crippen molar-refractivity contribution in [2.24, 2.45) is 10.9 Å². The molecule has 0 unspecified atom stereocenters. The van der Waals surface area contributed by atoms with Crippen LogP contribution in [0.1, 0.15) is 52.5 Å². The monoisotopic (exact) mass is 519 g/mol. The number of nitrogens with two attached hydrogens (primary N) is 1. The smallest absolute Gasteiger partial charge is 0.245 e. The molecule has 38 heavy (non-hydrogen) atoms. The SMILES string of the molecule is C=CC(=O)N1CCC(C)CC1.CN=C(c1ccc(C(=O)c2cccc(F)c2)cc1F)c1c(C)ncnc1N. The van der Waals surface area contributed by atoms with E-state index in [-0.39, 0.29) is 34.1 Å². The molecule has 2 N–H and O–H groups in total. The van der Waals surface area contributed by atoms with Gasteiger partial charge in [-0.15, -0.1) is 0 Å². The van der Waals surface area contributed by atoms with Crippen molar-refractivity contribution >= 4 is 23.2 Å². The van der Waals surface area contributed by atoms with Gasteiger partial charge in [-0.3, -0.25) is 14.6 Å². The van der Waals surface area contributed by atoms with Crippen molar-refractivity contribution in [3.05, 3.63) is 101 Å². The number of nitrogens with zero attached hydrogens (tertiary/aromatic N) is 4. The summed E-state index contributed by atoms with van der Waals surface area (Å²) in [6.45, 7) is 9.23. The second-order valence-corrected chi connectivity index (χ2v) is 9.04. The van der Waals surface area contributed by atoms with Crippen LogP contribution in [0, 0.1) is 24.5 Å². The number of rotatable bonds is 5. The van der Waals surface area contributed by atoms with Gasteiger partial charge in [0, 0.05) is 36.8 Å². The molecule has 198 valence electrons. The maximum Gasteiger partial charge on any atom is 0.245 e. The molecule has 4 rings (SSSR count). The Morgan fingerprint density at radius 3 is 2.37 bits per heavy atom. The van der Waals surface area contributed by atoms with E-state index >= 15 is 0 Å². The number of hydrogen-bond acceptors (Lipinski definition) is 6. The van der Waals surface area contributed by atoms with Gasteiger partial charge in [-0.05, 0) is 56.0 Å². The number of halogens is 2. The lowest BCUT2D eigenvalue weighted by Crippen LogP contribution is -2.36. The van der Waals surface area contributed by atoms with Crippen LogP contribution in [0.5, 0.6) is 0 Å². The molecule has 3 aromatic rings. The van der Waals surface area contributed by atoms with Crippen molar-refractivity contribution in [2.45, 2.75) is 26.7 Å². The van der Waals surface area contributed by atoms with Crippen LogP contribution in [0.4, 0.5) is 14.6 Å². The summed E-state index contributed by atoms with van der Waals surface area (Å²) in [5.74, 6) is -0.620. The number of aliphatic imine (C=N–C) groups is 1. The van der Waals surface area contributed by atoms with Gasteiger partial charge in [-0.25, -0.2) is 18.7 Å². The van der Waals surface area contributed by atoms with E-state index in [1.165, 1.54) is 49.8 Å². The molecule has 0 aliphatic carbocycles. The quantitative estimate of drug-likeness (QED) is 0.297. The van der Waals surface area contributed by atoms with Gasteiger partial charge in [-0.2, -0.15) is 0 Å². The third-order valence-corrected chi connectivity index (χ3v) is 6.37. The Morgan fingerprint density at radius 2 is 1.79 bits per heavy atom. The van der Waals surface area contributed by atoms with Crippen molar-refractivity contribution in [3.8, 4) is 0 Å². The molecule has 1 amide bonds. The average Bonchev–Trinajstić information content (AvgIpc) is 2.91. The highest BCUT2D eigenvalue weighted by Gasteiger charge is 2.20. The summed E-state index contributed by atoms with van der Waals surface area (Å²) < 4.78 is 28.1. The van der Waals surface area contributed by atoms with Crippen LogP contribution in [-0.2, 0) is 4.79 Å². The Hall–Kier alpha value is -4.27. The molecule has 0 atom stereocenters. The van der Waals surface area contributed by atoms with Crippen molar-refractivity contribution in [1.29, 1.82) is 0 Å². The highest BCUT2D eigenvalue weighted by Crippen LogP contribution is 2.22. The molecule has 0 bridgehead atoms. The lowest BCUT2D eigenvalue weighted by molar-refractivity contribution is -0.127. The standard InChI is InChI=1S/C20H16F2N4O.C9H15NO/c1-11-17(20(23)26-10-25-11)18(24-2)15-7-6-13(9-16(15)22)19(27)12-4-3-5-14(21)8-12;1-3-9(11)10-6-4-8(2)5-7-10/h3-10H,1-2H3,(H2,23,25,26);3,8H,1,4-7H2,2H3. The molecular weight excluding hydrogens is 488 g/mol. The molecule has 7 nitrogen and oxygen atoms in total. The first-order valence-corrected chi connectivity index (χ1v) is 12.2. The summed E-state index contributed by atoms with van der Waals surface area (Å²) in [5.41, 5.74) is 7.60. The third kappa shape index (κ3) is 6.73. The minimum atomic E-state index is -0.652. The Balaban J connectivity index is 0.000000304. The van der Waals surface area contributed by atoms with E-state index in [1.54, 1.807) is 6.92 Å². The van der Waals surface area contributed by atoms with Crippen LogP contribution in [-0.4, -0.2) is 52.4 Å². The zero-order chi connectivity index (χ0) is 27.8. The van der Waals surface area contributed by atoms with E-state index in [9.17, 15) is 18.4 Å². The largest absolute Gasteiger partial charge is 0.383 e. The summed E-state index contributed by atoms with van der Waals surface area (Å²) in [6, 6.07) is 9.25. The number of hydrogen-bond donors (Lipinski definition) is 1. The molecule has 2 aromatic carbocycles. The number of aromatic nitrogens is 2. The van der Waals surface area contributed by atoms with Crippen molar-refractivity contribution < 1.29 is 18.4 Å². The normalized spacial score (nSPS) is 13.9. The summed E-state index contributed by atoms with van der Waals surface area (Å²) in [5, 5.41) is 0. The van der Waals surface area contributed by atoms with E-state index in [4.69, 9.17) is 5.73 Å². The van der Waals surface area contributed by atoms with Gasteiger partial charge in [-0.1, -0.05) is 31.7 Å². The van der Waals surface area contributed by atoms with E-state index in [0.717, 1.165) is 44.0 Å². The van der Waals surface area contributed by atoms with Gasteiger partial charge in [0.2, 0.25) is 5.91 Å². The van der Waals surface area contributed by atoms with Crippen molar-refractivity contribution in [3.63, 3.8) is 0 Å². The third-order valence-electron chi connectivity index (χ3n) is 6.37. The molecule has 9 heteroatoms. The number of piperidine rings is 1. The number of nitrogen functional groups attached to an aromatic ring is 1. The lowest BCUT2D eigenvalue weighted by Gasteiger charge is -2.29. The van der Waals surface area contributed by atoms with Crippen LogP contribution in [0.2, 0.25) is 0 Å². The molecule has 2 heterocycles. The summed E-state index contributed by atoms with van der Waals surface area (Å²) in [7, 11) is 1.51. The molecule has 1 saturated heterocycles. The number of anilines is 1. The molecule has 1 aliphatic rings. The molecular formula is C29H31F2N5O2. The number of aryl methyl sites for hydroxylation is 1. The van der Waals surface area contributed by atoms with Crippen molar-refractivity contribution in [2.75, 3.05) is 25.9 Å². The zero-order valence-electron chi connectivity index (χ0n) is 21.7. The summed E-state index contributed by atoms with van der Waals surface area (Å²) in [4.78, 5) is 37.6. The first kappa shape index (κ1) is 28.3. The highest BCUT2D eigenvalue weighted by molar-refractivity contribution is 6.16. The van der Waals surface area contributed by atoms with Crippen LogP contribution in [0.3, 0.4) is 0 Å². The van der Waals surface area contributed by atoms with E-state index in [0.29, 0.717) is 11.3 Å². The fraction of sp³-hybridized carbons (Fsp3) is 0.276. The first-order chi connectivity index (χ1) is 18.2. The number of benzene rings is 2. The molecule has 1 aromatic heterocycles. The van der Waals surface area contributed by atoms with E-state index in [1.807, 2.05) is 4.90 Å². The van der Waals surface area contributed by atoms with Crippen LogP contribution < -0.4 is 5.73 Å². The highest BCUT2D eigenvalue weighted by atomic mass is 19.1. The van der Waals surface area contributed by atoms with Crippen LogP contribution >= 0.6 is 0 Å². The van der Waals surface area contributed by atoms with E-state index < -0.39 is 17.4 Å². The van der Waals surface area contributed by atoms with Gasteiger partial charge in [0.25, 0.3) is 0 Å². The second kappa shape index (κ2) is 12.8. The Labute approximate surface area is 221 Å². The van der Waals surface area contributed by atoms with Crippen LogP contribution in [0.15, 0.2) is 66.4 Å². The Bertz CT molecular complexity index is 1340. The van der Waals surface area contributed by atoms with Gasteiger partial charge in [0.1, 0.15) is 23.8 Å². The van der Waals surface area contributed by atoms with Crippen LogP contribution in [0.25, 0.3) is 0 Å². The lowest BCUT2D eigenvalue weighted by atomic mass is 9.97. The zero-order valence-corrected chi connectivity index (χ0v) is 21.7. The summed E-state index contributed by atoms with van der Waals surface area (Å²) >= 11 is 0. The molecule has 0 radical (unpaired) electrons. The van der Waals surface area contributed by atoms with Gasteiger partial charge >= 0.3 is 0 Å². The molecule has 0 saturated carbocycles. The van der Waals surface area contributed by atoms with Gasteiger partial charge in [0.15, 0.2) is 5.78 Å². The number of amides is 1. The molecule has 1 fully saturated rings. The minimum absolute atomic E-state index is 0.0805. The Morgan fingerprint density at radius 1 is 1.11 bits per heavy atom. The average molecular weight is 520 g/mol. The fourth-order valence-electron chi connectivity index (χ4n) is 4.15. The fourth-order valence-corrected chi connectivity index (χ4v) is 4.15. The predicted molar refractivity (Wildman–Crippen MR) is 144 cm³/mol. The second-order valence-electron chi connectivity index (χ2n) is 9.04. The number of ketones is 1. The molecule has 0 spiro atoms. The minimum Gasteiger partial charge on any atom is -0.383 e. The Kier molecular flexibility index (Phi) is 9.54. The first-order valence-electron chi connectivity index (χ1n) is 12.2. The maximum absolute atomic E-state index is 14.8. The van der Waals surface area contributed by atoms with Crippen molar-refractivity contribution in [1.82, 2.24) is 14.9 Å².